The SMILES string of the molecule is CC(C)CC(=O)Nc1ccc2oc(-c3cccc(I)c3)nc2c1. The number of aromatic nitrogens is 1. The van der Waals surface area contributed by atoms with Gasteiger partial charge in [-0.25, -0.2) is 4.98 Å². The lowest BCUT2D eigenvalue weighted by molar-refractivity contribution is -0.116. The number of carbonyl (C=O) groups is 1. The Morgan fingerprint density at radius 1 is 1.26 bits per heavy atom. The molecular formula is C18H17IN2O2. The molecule has 0 spiro atoms. The van der Waals surface area contributed by atoms with Gasteiger partial charge in [0, 0.05) is 21.2 Å². The lowest BCUT2D eigenvalue weighted by Gasteiger charge is -2.06. The van der Waals surface area contributed by atoms with Crippen molar-refractivity contribution < 1.29 is 9.21 Å². The molecule has 118 valence electrons. The summed E-state index contributed by atoms with van der Waals surface area (Å²) < 4.78 is 6.94. The van der Waals surface area contributed by atoms with Crippen molar-refractivity contribution in [3.8, 4) is 11.5 Å². The van der Waals surface area contributed by atoms with Gasteiger partial charge in [0.25, 0.3) is 0 Å². The number of hydrogen-bond acceptors (Lipinski definition) is 3. The van der Waals surface area contributed by atoms with Crippen LogP contribution in [-0.4, -0.2) is 10.9 Å². The summed E-state index contributed by atoms with van der Waals surface area (Å²) in [6.07, 6.45) is 0.505. The first kappa shape index (κ1) is 16.0. The van der Waals surface area contributed by atoms with Crippen molar-refractivity contribution in [2.24, 2.45) is 5.92 Å². The van der Waals surface area contributed by atoms with Crippen LogP contribution in [0.1, 0.15) is 20.3 Å². The highest BCUT2D eigenvalue weighted by atomic mass is 127. The van der Waals surface area contributed by atoms with Gasteiger partial charge in [0.05, 0.1) is 0 Å². The molecule has 1 N–H and O–H groups in total. The summed E-state index contributed by atoms with van der Waals surface area (Å²) in [5.74, 6) is 0.933. The molecule has 0 fully saturated rings. The Hall–Kier alpha value is -1.89. The van der Waals surface area contributed by atoms with Gasteiger partial charge in [-0.05, 0) is 64.9 Å². The van der Waals surface area contributed by atoms with Crippen LogP contribution in [0.2, 0.25) is 0 Å². The predicted molar refractivity (Wildman–Crippen MR) is 100 cm³/mol. The maximum atomic E-state index is 11.9. The Bertz CT molecular complexity index is 855. The molecule has 1 amide bonds. The van der Waals surface area contributed by atoms with Gasteiger partial charge in [-0.2, -0.15) is 0 Å². The molecular weight excluding hydrogens is 403 g/mol. The number of fused-ring (bicyclic) bond motifs is 1. The van der Waals surface area contributed by atoms with Crippen LogP contribution >= 0.6 is 22.6 Å². The summed E-state index contributed by atoms with van der Waals surface area (Å²) in [6, 6.07) is 13.5. The molecule has 2 aromatic carbocycles. The molecule has 4 nitrogen and oxygen atoms in total. The van der Waals surface area contributed by atoms with Crippen LogP contribution in [0.15, 0.2) is 46.9 Å². The van der Waals surface area contributed by atoms with Crippen molar-refractivity contribution in [1.82, 2.24) is 4.98 Å². The number of amides is 1. The highest BCUT2D eigenvalue weighted by Gasteiger charge is 2.11. The van der Waals surface area contributed by atoms with Crippen LogP contribution in [-0.2, 0) is 4.79 Å². The van der Waals surface area contributed by atoms with Crippen molar-refractivity contribution in [2.45, 2.75) is 20.3 Å². The molecule has 1 aromatic heterocycles. The van der Waals surface area contributed by atoms with E-state index in [0.29, 0.717) is 23.8 Å². The Morgan fingerprint density at radius 2 is 2.09 bits per heavy atom. The van der Waals surface area contributed by atoms with E-state index in [9.17, 15) is 4.79 Å². The Morgan fingerprint density at radius 3 is 2.83 bits per heavy atom. The quantitative estimate of drug-likeness (QED) is 0.599. The first-order valence-corrected chi connectivity index (χ1v) is 8.55. The summed E-state index contributed by atoms with van der Waals surface area (Å²) >= 11 is 2.26. The van der Waals surface area contributed by atoms with Crippen molar-refractivity contribution >= 4 is 45.3 Å². The number of nitrogens with one attached hydrogen (secondary N) is 1. The number of anilines is 1. The van der Waals surface area contributed by atoms with Crippen LogP contribution in [0, 0.1) is 9.49 Å². The molecule has 0 radical (unpaired) electrons. The maximum absolute atomic E-state index is 11.9. The molecule has 5 heteroatoms. The van der Waals surface area contributed by atoms with E-state index in [1.54, 1.807) is 0 Å². The van der Waals surface area contributed by atoms with Crippen LogP contribution < -0.4 is 5.32 Å². The Balaban J connectivity index is 1.87. The fraction of sp³-hybridized carbons (Fsp3) is 0.222. The molecule has 0 saturated heterocycles. The highest BCUT2D eigenvalue weighted by molar-refractivity contribution is 14.1. The van der Waals surface area contributed by atoms with Gasteiger partial charge in [-0.15, -0.1) is 0 Å². The zero-order chi connectivity index (χ0) is 16.4. The van der Waals surface area contributed by atoms with E-state index >= 15 is 0 Å². The average molecular weight is 420 g/mol. The molecule has 0 saturated carbocycles. The molecule has 1 heterocycles. The normalized spacial score (nSPS) is 11.1. The van der Waals surface area contributed by atoms with Crippen LogP contribution in [0.25, 0.3) is 22.6 Å². The van der Waals surface area contributed by atoms with Gasteiger partial charge in [0.1, 0.15) is 5.52 Å². The summed E-state index contributed by atoms with van der Waals surface area (Å²) in [5.41, 5.74) is 3.13. The van der Waals surface area contributed by atoms with Gasteiger partial charge < -0.3 is 9.73 Å². The number of halogens is 1. The number of nitrogens with zero attached hydrogens (tertiary/aromatic N) is 1. The lowest BCUT2D eigenvalue weighted by atomic mass is 10.1. The summed E-state index contributed by atoms with van der Waals surface area (Å²) in [5, 5.41) is 2.90. The van der Waals surface area contributed by atoms with E-state index in [4.69, 9.17) is 4.42 Å². The summed E-state index contributed by atoms with van der Waals surface area (Å²) in [7, 11) is 0. The van der Waals surface area contributed by atoms with Gasteiger partial charge >= 0.3 is 0 Å². The van der Waals surface area contributed by atoms with E-state index in [-0.39, 0.29) is 5.91 Å². The topological polar surface area (TPSA) is 55.1 Å². The van der Waals surface area contributed by atoms with E-state index in [0.717, 1.165) is 20.3 Å². The van der Waals surface area contributed by atoms with E-state index in [2.05, 4.69) is 32.9 Å². The lowest BCUT2D eigenvalue weighted by Crippen LogP contribution is -2.13. The number of oxazole rings is 1. The van der Waals surface area contributed by atoms with Crippen molar-refractivity contribution in [1.29, 1.82) is 0 Å². The molecule has 3 rings (SSSR count). The second kappa shape index (κ2) is 6.70. The van der Waals surface area contributed by atoms with Gasteiger partial charge in [-0.1, -0.05) is 19.9 Å². The van der Waals surface area contributed by atoms with Crippen LogP contribution in [0.3, 0.4) is 0 Å². The summed E-state index contributed by atoms with van der Waals surface area (Å²) in [6.45, 7) is 4.04. The smallest absolute Gasteiger partial charge is 0.227 e. The fourth-order valence-electron chi connectivity index (χ4n) is 2.33. The third kappa shape index (κ3) is 3.90. The molecule has 0 bridgehead atoms. The predicted octanol–water partition coefficient (Wildman–Crippen LogP) is 5.08. The molecule has 0 aliphatic heterocycles. The standard InChI is InChI=1S/C18H17IN2O2/c1-11(2)8-17(22)20-14-6-7-16-15(10-14)21-18(23-16)12-4-3-5-13(19)9-12/h3-7,9-11H,8H2,1-2H3,(H,20,22). The number of benzene rings is 2. The molecule has 0 unspecified atom stereocenters. The largest absolute Gasteiger partial charge is 0.436 e. The second-order valence-corrected chi connectivity index (χ2v) is 7.10. The first-order valence-electron chi connectivity index (χ1n) is 7.47. The summed E-state index contributed by atoms with van der Waals surface area (Å²) in [4.78, 5) is 16.4. The van der Waals surface area contributed by atoms with Crippen LogP contribution in [0.4, 0.5) is 5.69 Å². The maximum Gasteiger partial charge on any atom is 0.227 e. The van der Waals surface area contributed by atoms with Crippen molar-refractivity contribution in [2.75, 3.05) is 5.32 Å². The molecule has 0 aliphatic carbocycles. The minimum absolute atomic E-state index is 0.0145. The molecule has 0 atom stereocenters. The van der Waals surface area contributed by atoms with Crippen molar-refractivity contribution in [3.05, 3.63) is 46.0 Å². The highest BCUT2D eigenvalue weighted by Crippen LogP contribution is 2.27. The van der Waals surface area contributed by atoms with Crippen LogP contribution in [0.5, 0.6) is 0 Å². The van der Waals surface area contributed by atoms with E-state index in [1.807, 2.05) is 56.3 Å². The first-order chi connectivity index (χ1) is 11.0. The minimum Gasteiger partial charge on any atom is -0.436 e. The Labute approximate surface area is 148 Å². The molecule has 3 aromatic rings. The average Bonchev–Trinajstić information content (AvgIpc) is 2.89. The number of rotatable bonds is 4. The number of hydrogen-bond donors (Lipinski definition) is 1. The second-order valence-electron chi connectivity index (χ2n) is 5.86. The van der Waals surface area contributed by atoms with Crippen molar-refractivity contribution in [3.63, 3.8) is 0 Å². The number of carbonyl (C=O) groups excluding carboxylic acids is 1. The van der Waals surface area contributed by atoms with Gasteiger partial charge in [0.15, 0.2) is 5.58 Å². The monoisotopic (exact) mass is 420 g/mol. The zero-order valence-corrected chi connectivity index (χ0v) is 15.1. The third-order valence-corrected chi connectivity index (χ3v) is 4.01. The molecule has 0 aliphatic rings. The van der Waals surface area contributed by atoms with Gasteiger partial charge in [-0.3, -0.25) is 4.79 Å². The van der Waals surface area contributed by atoms with E-state index in [1.165, 1.54) is 0 Å². The van der Waals surface area contributed by atoms with Gasteiger partial charge in [0.2, 0.25) is 11.8 Å². The van der Waals surface area contributed by atoms with E-state index < -0.39 is 0 Å². The Kier molecular flexibility index (Phi) is 4.66. The minimum atomic E-state index is 0.0145. The zero-order valence-electron chi connectivity index (χ0n) is 13.0. The third-order valence-electron chi connectivity index (χ3n) is 3.34. The fourth-order valence-corrected chi connectivity index (χ4v) is 2.88. The molecule has 23 heavy (non-hydrogen) atoms.